The van der Waals surface area contributed by atoms with Crippen LogP contribution in [0.1, 0.15) is 23.6 Å². The van der Waals surface area contributed by atoms with Gasteiger partial charge in [0.15, 0.2) is 0 Å². The first-order valence-corrected chi connectivity index (χ1v) is 9.26. The van der Waals surface area contributed by atoms with E-state index >= 15 is 0 Å². The Morgan fingerprint density at radius 3 is 2.85 bits per heavy atom. The van der Waals surface area contributed by atoms with Crippen LogP contribution in [0.4, 0.5) is 5.69 Å². The molecule has 1 aliphatic carbocycles. The Balaban J connectivity index is 1.89. The lowest BCUT2D eigenvalue weighted by atomic mass is 10.1. The highest BCUT2D eigenvalue weighted by Crippen LogP contribution is 2.35. The zero-order chi connectivity index (χ0) is 14.3. The molecule has 2 aromatic rings. The highest BCUT2D eigenvalue weighted by Gasteiger charge is 2.29. The monoisotopic (exact) mass is 372 g/mol. The molecule has 0 spiro atoms. The van der Waals surface area contributed by atoms with Crippen molar-refractivity contribution in [1.29, 1.82) is 0 Å². The summed E-state index contributed by atoms with van der Waals surface area (Å²) < 4.78 is 28.5. The third-order valence-corrected chi connectivity index (χ3v) is 7.51. The van der Waals surface area contributed by atoms with Crippen LogP contribution in [0.25, 0.3) is 0 Å². The van der Waals surface area contributed by atoms with E-state index in [1.807, 2.05) is 18.2 Å². The Hall–Kier alpha value is -0.890. The summed E-state index contributed by atoms with van der Waals surface area (Å²) in [5, 5.41) is 1.75. The van der Waals surface area contributed by atoms with E-state index in [1.54, 1.807) is 11.4 Å². The molecule has 0 fully saturated rings. The Morgan fingerprint density at radius 1 is 1.35 bits per heavy atom. The smallest absolute Gasteiger partial charge is 0.251 e. The van der Waals surface area contributed by atoms with E-state index in [4.69, 9.17) is 5.73 Å². The van der Waals surface area contributed by atoms with Crippen LogP contribution in [0, 0.1) is 0 Å². The van der Waals surface area contributed by atoms with E-state index in [-0.39, 0.29) is 6.04 Å². The first-order valence-electron chi connectivity index (χ1n) is 6.11. The molecular weight excluding hydrogens is 360 g/mol. The normalized spacial score (nSPS) is 18.1. The van der Waals surface area contributed by atoms with Crippen LogP contribution in [-0.2, 0) is 16.4 Å². The summed E-state index contributed by atoms with van der Waals surface area (Å²) in [5.74, 6) is 0. The predicted octanol–water partition coefficient (Wildman–Crippen LogP) is 3.06. The number of sulfonamides is 1. The number of anilines is 1. The van der Waals surface area contributed by atoms with Crippen LogP contribution < -0.4 is 10.5 Å². The van der Waals surface area contributed by atoms with Gasteiger partial charge in [0.05, 0.1) is 0 Å². The summed E-state index contributed by atoms with van der Waals surface area (Å²) in [4.78, 5) is 0. The lowest BCUT2D eigenvalue weighted by Crippen LogP contribution is -2.26. The summed E-state index contributed by atoms with van der Waals surface area (Å²) in [6, 6.07) is 7.21. The van der Waals surface area contributed by atoms with Crippen LogP contribution >= 0.6 is 27.3 Å². The molecule has 3 N–H and O–H groups in total. The molecular formula is C13H13BrN2O2S2. The van der Waals surface area contributed by atoms with Gasteiger partial charge in [-0.3, -0.25) is 0 Å². The number of benzene rings is 1. The number of hydrogen-bond donors (Lipinski definition) is 2. The largest absolute Gasteiger partial charge is 0.399 e. The highest BCUT2D eigenvalue weighted by molar-refractivity contribution is 9.10. The average Bonchev–Trinajstić information content (AvgIpc) is 2.96. The van der Waals surface area contributed by atoms with Gasteiger partial charge in [-0.05, 0) is 63.5 Å². The van der Waals surface area contributed by atoms with Crippen LogP contribution in [0.2, 0.25) is 0 Å². The van der Waals surface area contributed by atoms with Gasteiger partial charge in [0.2, 0.25) is 0 Å². The molecule has 3 rings (SSSR count). The minimum Gasteiger partial charge on any atom is -0.399 e. The minimum atomic E-state index is -3.49. The second-order valence-corrected chi connectivity index (χ2v) is 8.41. The molecule has 1 unspecified atom stereocenters. The zero-order valence-corrected chi connectivity index (χ0v) is 13.7. The topological polar surface area (TPSA) is 72.2 Å². The number of nitrogen functional groups attached to an aromatic ring is 1. The number of aryl methyl sites for hydroxylation is 1. The standard InChI is InChI=1S/C13H13BrN2O2S2/c14-11-5-6-19-13(11)20(17,18)16-12-4-1-8-7-9(15)2-3-10(8)12/h2-3,5-7,12,16H,1,4,15H2. The van der Waals surface area contributed by atoms with Crippen molar-refractivity contribution in [3.63, 3.8) is 0 Å². The van der Waals surface area contributed by atoms with Gasteiger partial charge in [-0.2, -0.15) is 0 Å². The van der Waals surface area contributed by atoms with Crippen molar-refractivity contribution < 1.29 is 8.42 Å². The summed E-state index contributed by atoms with van der Waals surface area (Å²) in [7, 11) is -3.49. The van der Waals surface area contributed by atoms with Crippen LogP contribution in [0.5, 0.6) is 0 Å². The summed E-state index contributed by atoms with van der Waals surface area (Å²) >= 11 is 4.47. The molecule has 4 nitrogen and oxygen atoms in total. The molecule has 0 saturated carbocycles. The van der Waals surface area contributed by atoms with Gasteiger partial charge < -0.3 is 5.73 Å². The molecule has 106 valence electrons. The molecule has 7 heteroatoms. The van der Waals surface area contributed by atoms with Crippen molar-refractivity contribution in [1.82, 2.24) is 4.72 Å². The Morgan fingerprint density at radius 2 is 2.15 bits per heavy atom. The van der Waals surface area contributed by atoms with Gasteiger partial charge in [-0.15, -0.1) is 11.3 Å². The number of halogens is 1. The maximum atomic E-state index is 12.4. The lowest BCUT2D eigenvalue weighted by molar-refractivity contribution is 0.556. The third kappa shape index (κ3) is 2.50. The fraction of sp³-hybridized carbons (Fsp3) is 0.231. The van der Waals surface area contributed by atoms with E-state index in [0.29, 0.717) is 14.4 Å². The zero-order valence-electron chi connectivity index (χ0n) is 10.5. The van der Waals surface area contributed by atoms with E-state index in [9.17, 15) is 8.42 Å². The molecule has 0 bridgehead atoms. The lowest BCUT2D eigenvalue weighted by Gasteiger charge is -2.14. The molecule has 0 radical (unpaired) electrons. The molecule has 20 heavy (non-hydrogen) atoms. The molecule has 1 aliphatic rings. The number of rotatable bonds is 3. The first kappa shape index (κ1) is 14.1. The van der Waals surface area contributed by atoms with E-state index in [0.717, 1.165) is 24.0 Å². The molecule has 0 aliphatic heterocycles. The molecule has 0 saturated heterocycles. The minimum absolute atomic E-state index is 0.176. The fourth-order valence-corrected chi connectivity index (χ4v) is 6.08. The van der Waals surface area contributed by atoms with Crippen molar-refractivity contribution >= 4 is 43.0 Å². The fourth-order valence-electron chi connectivity index (χ4n) is 2.47. The van der Waals surface area contributed by atoms with E-state index < -0.39 is 10.0 Å². The van der Waals surface area contributed by atoms with Gasteiger partial charge in [0, 0.05) is 16.2 Å². The number of nitrogens with two attached hydrogens (primary N) is 1. The molecule has 1 atom stereocenters. The summed E-state index contributed by atoms with van der Waals surface area (Å²) in [5.41, 5.74) is 8.62. The van der Waals surface area contributed by atoms with Crippen molar-refractivity contribution in [2.75, 3.05) is 5.73 Å². The molecule has 1 aromatic carbocycles. The maximum absolute atomic E-state index is 12.4. The number of thiophene rings is 1. The quantitative estimate of drug-likeness (QED) is 0.813. The Labute approximate surface area is 130 Å². The number of fused-ring (bicyclic) bond motifs is 1. The van der Waals surface area contributed by atoms with Gasteiger partial charge >= 0.3 is 0 Å². The SMILES string of the molecule is Nc1ccc2c(c1)CCC2NS(=O)(=O)c1sccc1Br. The van der Waals surface area contributed by atoms with Crippen molar-refractivity contribution in [2.45, 2.75) is 23.1 Å². The molecule has 1 heterocycles. The summed E-state index contributed by atoms with van der Waals surface area (Å²) in [6.45, 7) is 0. The van der Waals surface area contributed by atoms with Gasteiger partial charge in [0.25, 0.3) is 10.0 Å². The maximum Gasteiger partial charge on any atom is 0.251 e. The van der Waals surface area contributed by atoms with Crippen molar-refractivity contribution in [3.05, 3.63) is 45.2 Å². The van der Waals surface area contributed by atoms with Gasteiger partial charge in [-0.1, -0.05) is 6.07 Å². The highest BCUT2D eigenvalue weighted by atomic mass is 79.9. The van der Waals surface area contributed by atoms with E-state index in [2.05, 4.69) is 20.7 Å². The second kappa shape index (κ2) is 5.14. The van der Waals surface area contributed by atoms with Crippen molar-refractivity contribution in [2.24, 2.45) is 0 Å². The third-order valence-electron chi connectivity index (χ3n) is 3.37. The first-order chi connectivity index (χ1) is 9.47. The summed E-state index contributed by atoms with van der Waals surface area (Å²) in [6.07, 6.45) is 1.61. The van der Waals surface area contributed by atoms with Crippen LogP contribution in [0.3, 0.4) is 0 Å². The number of nitrogens with one attached hydrogen (secondary N) is 1. The number of hydrogen-bond acceptors (Lipinski definition) is 4. The van der Waals surface area contributed by atoms with E-state index in [1.165, 1.54) is 11.3 Å². The second-order valence-electron chi connectivity index (χ2n) is 4.73. The Kier molecular flexibility index (Phi) is 3.62. The average molecular weight is 373 g/mol. The Bertz CT molecular complexity index is 755. The molecule has 1 aromatic heterocycles. The van der Waals surface area contributed by atoms with Crippen LogP contribution in [-0.4, -0.2) is 8.42 Å². The van der Waals surface area contributed by atoms with Gasteiger partial charge in [-0.25, -0.2) is 13.1 Å². The van der Waals surface area contributed by atoms with Crippen molar-refractivity contribution in [3.8, 4) is 0 Å². The van der Waals surface area contributed by atoms with Gasteiger partial charge in [0.1, 0.15) is 4.21 Å². The predicted molar refractivity (Wildman–Crippen MR) is 84.3 cm³/mol. The van der Waals surface area contributed by atoms with Crippen LogP contribution in [0.15, 0.2) is 38.3 Å². The molecule has 0 amide bonds.